The van der Waals surface area contributed by atoms with E-state index in [0.29, 0.717) is 6.42 Å². The maximum atomic E-state index is 11.7. The van der Waals surface area contributed by atoms with Crippen molar-refractivity contribution in [3.8, 4) is 0 Å². The Bertz CT molecular complexity index is 456. The van der Waals surface area contributed by atoms with Crippen LogP contribution in [-0.2, 0) is 4.79 Å². The van der Waals surface area contributed by atoms with Crippen LogP contribution in [0.4, 0.5) is 0 Å². The first-order valence-electron chi connectivity index (χ1n) is 7.96. The summed E-state index contributed by atoms with van der Waals surface area (Å²) in [5, 5.41) is 7.09. The molecule has 2 bridgehead atoms. The van der Waals surface area contributed by atoms with Crippen LogP contribution in [0.25, 0.3) is 0 Å². The fourth-order valence-corrected chi connectivity index (χ4v) is 5.49. The van der Waals surface area contributed by atoms with Crippen LogP contribution in [0.5, 0.6) is 0 Å². The number of allylic oxidation sites excluding steroid dienone is 1. The summed E-state index contributed by atoms with van der Waals surface area (Å²) in [6.07, 6.45) is 8.14. The molecule has 2 aliphatic carbocycles. The summed E-state index contributed by atoms with van der Waals surface area (Å²) in [5.41, 5.74) is 3.10. The summed E-state index contributed by atoms with van der Waals surface area (Å²) in [6.45, 7) is 3.56. The van der Waals surface area contributed by atoms with Crippen molar-refractivity contribution in [3.05, 3.63) is 11.3 Å². The van der Waals surface area contributed by atoms with Gasteiger partial charge in [0.05, 0.1) is 0 Å². The summed E-state index contributed by atoms with van der Waals surface area (Å²) < 4.78 is 0. The standard InChI is InChI=1S/C16H24N2O/c1-10-7-11-8-14-13(4-5-15(19)18-14)16(9-10)12(11)3-2-6-17-16/h10-12,17H,2-9H2,1H3,(H,18,19)/t10-,11?,12?,16-/m1/s1. The Kier molecular flexibility index (Phi) is 2.57. The summed E-state index contributed by atoms with van der Waals surface area (Å²) in [4.78, 5) is 11.7. The van der Waals surface area contributed by atoms with Crippen LogP contribution in [0.3, 0.4) is 0 Å². The molecule has 1 saturated heterocycles. The van der Waals surface area contributed by atoms with Gasteiger partial charge in [-0.2, -0.15) is 0 Å². The lowest BCUT2D eigenvalue weighted by atomic mass is 9.53. The molecule has 104 valence electrons. The first-order chi connectivity index (χ1) is 9.19. The molecular formula is C16H24N2O. The Hall–Kier alpha value is -0.830. The van der Waals surface area contributed by atoms with Crippen molar-refractivity contribution in [2.75, 3.05) is 6.54 Å². The normalized spacial score (nSPS) is 45.3. The Labute approximate surface area is 115 Å². The second-order valence-corrected chi connectivity index (χ2v) is 7.16. The van der Waals surface area contributed by atoms with Crippen LogP contribution in [0, 0.1) is 17.8 Å². The third kappa shape index (κ3) is 1.63. The van der Waals surface area contributed by atoms with Gasteiger partial charge in [-0.1, -0.05) is 6.92 Å². The van der Waals surface area contributed by atoms with E-state index in [-0.39, 0.29) is 11.4 Å². The van der Waals surface area contributed by atoms with Crippen molar-refractivity contribution in [1.82, 2.24) is 10.6 Å². The highest BCUT2D eigenvalue weighted by atomic mass is 16.1. The molecule has 1 amide bonds. The molecule has 3 heteroatoms. The third-order valence-corrected chi connectivity index (χ3v) is 5.97. The summed E-state index contributed by atoms with van der Waals surface area (Å²) in [7, 11) is 0. The van der Waals surface area contributed by atoms with E-state index in [2.05, 4.69) is 17.6 Å². The lowest BCUT2D eigenvalue weighted by Gasteiger charge is -2.59. The molecule has 0 aromatic carbocycles. The topological polar surface area (TPSA) is 41.1 Å². The SMILES string of the molecule is C[C@@H]1CC2CC3=C(CCC(=O)N3)[C@]3(C1)NCCCC23. The highest BCUT2D eigenvalue weighted by Crippen LogP contribution is 2.55. The van der Waals surface area contributed by atoms with Crippen LogP contribution in [0.15, 0.2) is 11.3 Å². The quantitative estimate of drug-likeness (QED) is 0.702. The fraction of sp³-hybridized carbons (Fsp3) is 0.812. The highest BCUT2D eigenvalue weighted by molar-refractivity contribution is 5.80. The lowest BCUT2D eigenvalue weighted by molar-refractivity contribution is -0.121. The molecule has 0 radical (unpaired) electrons. The van der Waals surface area contributed by atoms with Crippen LogP contribution in [0.2, 0.25) is 0 Å². The molecule has 4 atom stereocenters. The molecule has 2 fully saturated rings. The molecule has 1 saturated carbocycles. The molecule has 2 aliphatic heterocycles. The average Bonchev–Trinajstić information content (AvgIpc) is 2.37. The average molecular weight is 260 g/mol. The number of hydrogen-bond donors (Lipinski definition) is 2. The van der Waals surface area contributed by atoms with Gasteiger partial charge in [0.1, 0.15) is 0 Å². The minimum atomic E-state index is 0.232. The van der Waals surface area contributed by atoms with Gasteiger partial charge in [-0.3, -0.25) is 4.79 Å². The Morgan fingerprint density at radius 3 is 3.11 bits per heavy atom. The second-order valence-electron chi connectivity index (χ2n) is 7.16. The Morgan fingerprint density at radius 1 is 1.32 bits per heavy atom. The first kappa shape index (κ1) is 12.0. The maximum absolute atomic E-state index is 11.7. The summed E-state index contributed by atoms with van der Waals surface area (Å²) in [6, 6.07) is 0. The molecule has 19 heavy (non-hydrogen) atoms. The lowest BCUT2D eigenvalue weighted by Crippen LogP contribution is -2.64. The van der Waals surface area contributed by atoms with E-state index in [1.807, 2.05) is 0 Å². The maximum Gasteiger partial charge on any atom is 0.224 e. The van der Waals surface area contributed by atoms with Gasteiger partial charge in [-0.05, 0) is 68.4 Å². The summed E-state index contributed by atoms with van der Waals surface area (Å²) >= 11 is 0. The van der Waals surface area contributed by atoms with E-state index < -0.39 is 0 Å². The van der Waals surface area contributed by atoms with Gasteiger partial charge in [0.25, 0.3) is 0 Å². The van der Waals surface area contributed by atoms with Crippen LogP contribution < -0.4 is 10.6 Å². The zero-order valence-corrected chi connectivity index (χ0v) is 11.8. The number of carbonyl (C=O) groups is 1. The molecule has 0 spiro atoms. The van der Waals surface area contributed by atoms with Gasteiger partial charge in [0.15, 0.2) is 0 Å². The largest absolute Gasteiger partial charge is 0.330 e. The monoisotopic (exact) mass is 260 g/mol. The van der Waals surface area contributed by atoms with E-state index in [1.54, 1.807) is 5.57 Å². The van der Waals surface area contributed by atoms with Gasteiger partial charge in [-0.25, -0.2) is 0 Å². The van der Waals surface area contributed by atoms with Crippen LogP contribution >= 0.6 is 0 Å². The van der Waals surface area contributed by atoms with Gasteiger partial charge >= 0.3 is 0 Å². The number of amides is 1. The molecule has 4 aliphatic rings. The zero-order chi connectivity index (χ0) is 13.0. The van der Waals surface area contributed by atoms with Gasteiger partial charge in [0, 0.05) is 17.7 Å². The minimum absolute atomic E-state index is 0.232. The molecule has 2 N–H and O–H groups in total. The van der Waals surface area contributed by atoms with Gasteiger partial charge in [0.2, 0.25) is 5.91 Å². The van der Waals surface area contributed by atoms with Crippen molar-refractivity contribution in [1.29, 1.82) is 0 Å². The van der Waals surface area contributed by atoms with Crippen molar-refractivity contribution in [2.45, 2.75) is 57.4 Å². The Morgan fingerprint density at radius 2 is 2.21 bits per heavy atom. The Balaban J connectivity index is 1.81. The molecule has 0 aromatic rings. The molecule has 4 rings (SSSR count). The van der Waals surface area contributed by atoms with Crippen molar-refractivity contribution in [2.24, 2.45) is 17.8 Å². The predicted octanol–water partition coefficient (Wildman–Crippen LogP) is 2.34. The molecule has 3 nitrogen and oxygen atoms in total. The number of hydrogen-bond acceptors (Lipinski definition) is 2. The number of rotatable bonds is 0. The van der Waals surface area contributed by atoms with Gasteiger partial charge in [-0.15, -0.1) is 0 Å². The van der Waals surface area contributed by atoms with Crippen LogP contribution in [-0.4, -0.2) is 18.0 Å². The highest BCUT2D eigenvalue weighted by Gasteiger charge is 2.54. The van der Waals surface area contributed by atoms with Crippen molar-refractivity contribution < 1.29 is 4.79 Å². The molecular weight excluding hydrogens is 236 g/mol. The van der Waals surface area contributed by atoms with Crippen LogP contribution in [0.1, 0.15) is 51.9 Å². The minimum Gasteiger partial charge on any atom is -0.330 e. The zero-order valence-electron chi connectivity index (χ0n) is 11.8. The molecule has 0 aromatic heterocycles. The van der Waals surface area contributed by atoms with Gasteiger partial charge < -0.3 is 10.6 Å². The number of piperidine rings is 1. The fourth-order valence-electron chi connectivity index (χ4n) is 5.49. The smallest absolute Gasteiger partial charge is 0.224 e. The number of nitrogens with one attached hydrogen (secondary N) is 2. The van der Waals surface area contributed by atoms with Crippen molar-refractivity contribution >= 4 is 5.91 Å². The van der Waals surface area contributed by atoms with E-state index in [9.17, 15) is 4.79 Å². The second kappa shape index (κ2) is 4.08. The van der Waals surface area contributed by atoms with E-state index in [4.69, 9.17) is 0 Å². The summed E-state index contributed by atoms with van der Waals surface area (Å²) in [5.74, 6) is 2.66. The number of carbonyl (C=O) groups excluding carboxylic acids is 1. The first-order valence-corrected chi connectivity index (χ1v) is 7.96. The predicted molar refractivity (Wildman–Crippen MR) is 74.4 cm³/mol. The van der Waals surface area contributed by atoms with E-state index >= 15 is 0 Å². The molecule has 2 heterocycles. The van der Waals surface area contributed by atoms with E-state index in [1.165, 1.54) is 31.4 Å². The van der Waals surface area contributed by atoms with Crippen molar-refractivity contribution in [3.63, 3.8) is 0 Å². The van der Waals surface area contributed by atoms with E-state index in [0.717, 1.165) is 37.1 Å². The molecule has 2 unspecified atom stereocenters. The third-order valence-electron chi connectivity index (χ3n) is 5.97.